The van der Waals surface area contributed by atoms with E-state index in [1.165, 1.54) is 6.42 Å². The third kappa shape index (κ3) is 4.93. The van der Waals surface area contributed by atoms with E-state index in [-0.39, 0.29) is 11.6 Å². The van der Waals surface area contributed by atoms with Crippen molar-refractivity contribution < 1.29 is 9.47 Å². The van der Waals surface area contributed by atoms with Crippen molar-refractivity contribution in [3.05, 3.63) is 0 Å². The Morgan fingerprint density at radius 2 is 2.27 bits per heavy atom. The van der Waals surface area contributed by atoms with E-state index in [0.29, 0.717) is 12.5 Å². The average Bonchev–Trinajstić information content (AvgIpc) is 2.19. The van der Waals surface area contributed by atoms with Gasteiger partial charge in [0.2, 0.25) is 0 Å². The highest BCUT2D eigenvalue weighted by atomic mass is 16.5. The fourth-order valence-electron chi connectivity index (χ4n) is 1.74. The second-order valence-corrected chi connectivity index (χ2v) is 5.17. The highest BCUT2D eigenvalue weighted by Gasteiger charge is 2.25. The van der Waals surface area contributed by atoms with Crippen molar-refractivity contribution in [2.75, 3.05) is 19.8 Å². The van der Waals surface area contributed by atoms with Crippen molar-refractivity contribution in [2.24, 2.45) is 11.8 Å². The van der Waals surface area contributed by atoms with Gasteiger partial charge < -0.3 is 9.47 Å². The molecule has 90 valence electrons. The lowest BCUT2D eigenvalue weighted by Crippen LogP contribution is -2.48. The molecule has 0 aromatic heterocycles. The van der Waals surface area contributed by atoms with Crippen LogP contribution in [0.1, 0.15) is 33.6 Å². The normalized spacial score (nSPS) is 25.2. The van der Waals surface area contributed by atoms with Gasteiger partial charge in [0.15, 0.2) is 0 Å². The molecule has 2 unspecified atom stereocenters. The first-order valence-corrected chi connectivity index (χ1v) is 5.71. The summed E-state index contributed by atoms with van der Waals surface area (Å²) in [5, 5.41) is 0. The fraction of sp³-hybridized carbons (Fsp3) is 1.00. The van der Waals surface area contributed by atoms with Gasteiger partial charge in [-0.25, -0.2) is 0 Å². The van der Waals surface area contributed by atoms with Gasteiger partial charge in [0.25, 0.3) is 0 Å². The molecule has 0 aromatic rings. The van der Waals surface area contributed by atoms with Gasteiger partial charge in [-0.3, -0.25) is 11.3 Å². The molecule has 1 saturated heterocycles. The summed E-state index contributed by atoms with van der Waals surface area (Å²) in [6.45, 7) is 8.48. The molecule has 0 radical (unpaired) electrons. The lowest BCUT2D eigenvalue weighted by atomic mass is 9.94. The van der Waals surface area contributed by atoms with E-state index in [9.17, 15) is 0 Å². The minimum Gasteiger partial charge on any atom is -0.381 e. The summed E-state index contributed by atoms with van der Waals surface area (Å²) >= 11 is 0. The number of rotatable bonds is 4. The summed E-state index contributed by atoms with van der Waals surface area (Å²) in [5.74, 6) is 6.03. The van der Waals surface area contributed by atoms with Gasteiger partial charge in [0.1, 0.15) is 0 Å². The Hall–Kier alpha value is -0.160. The standard InChI is InChI=1S/C11H24N2O2/c1-11(2,3)15-8-10(13-12)9-5-4-6-14-7-9/h9-10,13H,4-8,12H2,1-3H3. The zero-order chi connectivity index (χ0) is 11.3. The molecule has 1 heterocycles. The molecular formula is C11H24N2O2. The molecule has 0 amide bonds. The Bertz CT molecular complexity index is 174. The molecule has 0 aliphatic carbocycles. The van der Waals surface area contributed by atoms with Crippen LogP contribution in [0.3, 0.4) is 0 Å². The number of nitrogens with two attached hydrogens (primary N) is 1. The van der Waals surface area contributed by atoms with E-state index in [0.717, 1.165) is 19.6 Å². The van der Waals surface area contributed by atoms with Crippen LogP contribution in [0, 0.1) is 5.92 Å². The van der Waals surface area contributed by atoms with E-state index in [2.05, 4.69) is 26.2 Å². The third-order valence-corrected chi connectivity index (χ3v) is 2.67. The highest BCUT2D eigenvalue weighted by Crippen LogP contribution is 2.19. The van der Waals surface area contributed by atoms with E-state index >= 15 is 0 Å². The van der Waals surface area contributed by atoms with Crippen molar-refractivity contribution in [3.63, 3.8) is 0 Å². The first-order valence-electron chi connectivity index (χ1n) is 5.71. The van der Waals surface area contributed by atoms with Crippen molar-refractivity contribution >= 4 is 0 Å². The summed E-state index contributed by atoms with van der Waals surface area (Å²) in [4.78, 5) is 0. The lowest BCUT2D eigenvalue weighted by molar-refractivity contribution is -0.0394. The van der Waals surface area contributed by atoms with Gasteiger partial charge in [0, 0.05) is 18.6 Å². The van der Waals surface area contributed by atoms with Crippen LogP contribution in [0.2, 0.25) is 0 Å². The van der Waals surface area contributed by atoms with Crippen LogP contribution in [-0.4, -0.2) is 31.5 Å². The Labute approximate surface area is 92.5 Å². The second-order valence-electron chi connectivity index (χ2n) is 5.17. The van der Waals surface area contributed by atoms with Gasteiger partial charge in [-0.05, 0) is 33.6 Å². The molecule has 1 aliphatic rings. The SMILES string of the molecule is CC(C)(C)OCC(NN)C1CCCOC1. The van der Waals surface area contributed by atoms with Crippen molar-refractivity contribution in [1.82, 2.24) is 5.43 Å². The molecular weight excluding hydrogens is 192 g/mol. The molecule has 2 atom stereocenters. The predicted molar refractivity (Wildman–Crippen MR) is 60.4 cm³/mol. The van der Waals surface area contributed by atoms with Gasteiger partial charge in [-0.1, -0.05) is 0 Å². The van der Waals surface area contributed by atoms with Crippen LogP contribution in [0.15, 0.2) is 0 Å². The fourth-order valence-corrected chi connectivity index (χ4v) is 1.74. The quantitative estimate of drug-likeness (QED) is 0.545. The number of hydrogen-bond acceptors (Lipinski definition) is 4. The van der Waals surface area contributed by atoms with E-state index in [1.807, 2.05) is 0 Å². The summed E-state index contributed by atoms with van der Waals surface area (Å²) in [6, 6.07) is 0.199. The third-order valence-electron chi connectivity index (χ3n) is 2.67. The maximum atomic E-state index is 5.74. The molecule has 1 aliphatic heterocycles. The minimum absolute atomic E-state index is 0.107. The largest absolute Gasteiger partial charge is 0.381 e. The van der Waals surface area contributed by atoms with Gasteiger partial charge in [-0.15, -0.1) is 0 Å². The molecule has 1 fully saturated rings. The molecule has 0 bridgehead atoms. The van der Waals surface area contributed by atoms with Crippen molar-refractivity contribution in [2.45, 2.75) is 45.3 Å². The van der Waals surface area contributed by atoms with Gasteiger partial charge in [0.05, 0.1) is 18.8 Å². The molecule has 0 aromatic carbocycles. The van der Waals surface area contributed by atoms with E-state index < -0.39 is 0 Å². The predicted octanol–water partition coefficient (Wildman–Crippen LogP) is 1.06. The van der Waals surface area contributed by atoms with Crippen LogP contribution in [0.4, 0.5) is 0 Å². The molecule has 4 nitrogen and oxygen atoms in total. The first kappa shape index (κ1) is 12.9. The van der Waals surface area contributed by atoms with Crippen LogP contribution in [0.25, 0.3) is 0 Å². The maximum Gasteiger partial charge on any atom is 0.0643 e. The van der Waals surface area contributed by atoms with Crippen LogP contribution >= 0.6 is 0 Å². The Morgan fingerprint density at radius 1 is 1.53 bits per heavy atom. The second kappa shape index (κ2) is 5.80. The monoisotopic (exact) mass is 216 g/mol. The Morgan fingerprint density at radius 3 is 2.73 bits per heavy atom. The summed E-state index contributed by atoms with van der Waals surface area (Å²) in [7, 11) is 0. The van der Waals surface area contributed by atoms with Crippen LogP contribution < -0.4 is 11.3 Å². The average molecular weight is 216 g/mol. The molecule has 15 heavy (non-hydrogen) atoms. The molecule has 4 heteroatoms. The molecule has 3 N–H and O–H groups in total. The smallest absolute Gasteiger partial charge is 0.0643 e. The topological polar surface area (TPSA) is 56.5 Å². The molecule has 1 rings (SSSR count). The maximum absolute atomic E-state index is 5.74. The highest BCUT2D eigenvalue weighted by molar-refractivity contribution is 4.77. The summed E-state index contributed by atoms with van der Waals surface area (Å²) in [6.07, 6.45) is 2.29. The number of nitrogens with one attached hydrogen (secondary N) is 1. The van der Waals surface area contributed by atoms with E-state index in [4.69, 9.17) is 15.3 Å². The van der Waals surface area contributed by atoms with Gasteiger partial charge in [-0.2, -0.15) is 0 Å². The van der Waals surface area contributed by atoms with Crippen LogP contribution in [0.5, 0.6) is 0 Å². The Kier molecular flexibility index (Phi) is 4.99. The molecule has 0 spiro atoms. The van der Waals surface area contributed by atoms with Crippen molar-refractivity contribution in [1.29, 1.82) is 0 Å². The zero-order valence-electron chi connectivity index (χ0n) is 10.1. The lowest BCUT2D eigenvalue weighted by Gasteiger charge is -2.31. The number of ether oxygens (including phenoxy) is 2. The van der Waals surface area contributed by atoms with Gasteiger partial charge >= 0.3 is 0 Å². The Balaban J connectivity index is 2.34. The van der Waals surface area contributed by atoms with E-state index in [1.54, 1.807) is 0 Å². The number of hydrazine groups is 1. The summed E-state index contributed by atoms with van der Waals surface area (Å²) in [5.41, 5.74) is 2.73. The summed E-state index contributed by atoms with van der Waals surface area (Å²) < 4.78 is 11.2. The number of hydrogen-bond donors (Lipinski definition) is 2. The zero-order valence-corrected chi connectivity index (χ0v) is 10.1. The minimum atomic E-state index is -0.107. The molecule has 0 saturated carbocycles. The first-order chi connectivity index (χ1) is 7.03. The van der Waals surface area contributed by atoms with Crippen LogP contribution in [-0.2, 0) is 9.47 Å². The van der Waals surface area contributed by atoms with Crippen molar-refractivity contribution in [3.8, 4) is 0 Å².